The Morgan fingerprint density at radius 3 is 1.93 bits per heavy atom. The van der Waals surface area contributed by atoms with Crippen LogP contribution in [0.4, 0.5) is 0 Å². The highest BCUT2D eigenvalue weighted by Gasteiger charge is 2.21. The van der Waals surface area contributed by atoms with E-state index >= 15 is 0 Å². The highest BCUT2D eigenvalue weighted by Crippen LogP contribution is 2.42. The quantitative estimate of drug-likeness (QED) is 0.167. The summed E-state index contributed by atoms with van der Waals surface area (Å²) in [5.41, 5.74) is 19.1. The predicted octanol–water partition coefficient (Wildman–Crippen LogP) is 18.0. The molecule has 0 fully saturated rings. The minimum atomic E-state index is 0.879. The lowest BCUT2D eigenvalue weighted by molar-refractivity contribution is 0.669. The third kappa shape index (κ3) is 6.11. The van der Waals surface area contributed by atoms with E-state index in [1.54, 1.807) is 0 Å². The Morgan fingerprint density at radius 2 is 1.06 bits per heavy atom. The molecule has 1 aliphatic carbocycles. The molecule has 0 N–H and O–H groups in total. The van der Waals surface area contributed by atoms with Crippen molar-refractivity contribution in [3.63, 3.8) is 0 Å². The molecule has 0 saturated heterocycles. The van der Waals surface area contributed by atoms with Gasteiger partial charge in [-0.3, -0.25) is 4.98 Å². The molecule has 0 radical (unpaired) electrons. The number of aryl methyl sites for hydroxylation is 1. The molecule has 15 rings (SSSR count). The Kier molecular flexibility index (Phi) is 8.62. The first kappa shape index (κ1) is 39.2. The number of furan rings is 1. The van der Waals surface area contributed by atoms with Crippen LogP contribution in [-0.4, -0.2) is 14.1 Å². The second kappa shape index (κ2) is 15.4. The number of rotatable bonds is 6. The number of benzene rings is 9. The zero-order chi connectivity index (χ0) is 45.9. The van der Waals surface area contributed by atoms with E-state index in [-0.39, 0.29) is 0 Å². The third-order valence-corrected chi connectivity index (χ3v) is 15.8. The summed E-state index contributed by atoms with van der Waals surface area (Å²) in [6.45, 7) is 0. The van der Waals surface area contributed by atoms with Crippen LogP contribution in [0.15, 0.2) is 223 Å². The van der Waals surface area contributed by atoms with Crippen LogP contribution in [0.2, 0.25) is 0 Å². The molecule has 5 aromatic heterocycles. The highest BCUT2D eigenvalue weighted by molar-refractivity contribution is 7.25. The van der Waals surface area contributed by atoms with Gasteiger partial charge in [-0.05, 0) is 155 Å². The second-order valence-corrected chi connectivity index (χ2v) is 19.7. The van der Waals surface area contributed by atoms with E-state index in [9.17, 15) is 0 Å². The highest BCUT2D eigenvalue weighted by atomic mass is 32.1. The van der Waals surface area contributed by atoms with Crippen LogP contribution in [0.5, 0.6) is 0 Å². The first-order valence-corrected chi connectivity index (χ1v) is 24.9. The summed E-state index contributed by atoms with van der Waals surface area (Å²) < 4.78 is 14.1. The first-order chi connectivity index (χ1) is 34.7. The van der Waals surface area contributed by atoms with E-state index < -0.39 is 0 Å². The summed E-state index contributed by atoms with van der Waals surface area (Å²) in [4.78, 5) is 5.18. The molecule has 1 aliphatic rings. The average molecular weight is 912 g/mol. The average Bonchev–Trinajstić information content (AvgIpc) is 4.18. The summed E-state index contributed by atoms with van der Waals surface area (Å²) in [6, 6.07) is 75.2. The first-order valence-electron chi connectivity index (χ1n) is 24.1. The Hall–Kier alpha value is -8.77. The maximum Gasteiger partial charge on any atom is 0.136 e. The molecule has 0 bridgehead atoms. The number of pyridine rings is 1. The number of hydrogen-bond donors (Lipinski definition) is 0. The van der Waals surface area contributed by atoms with Gasteiger partial charge in [0.2, 0.25) is 0 Å². The van der Waals surface area contributed by atoms with Crippen molar-refractivity contribution in [1.29, 1.82) is 0 Å². The molecule has 328 valence electrons. The van der Waals surface area contributed by atoms with Gasteiger partial charge in [0.25, 0.3) is 0 Å². The van der Waals surface area contributed by atoms with Crippen LogP contribution in [0.25, 0.3) is 137 Å². The van der Waals surface area contributed by atoms with E-state index in [4.69, 9.17) is 9.40 Å². The summed E-state index contributed by atoms with van der Waals surface area (Å²) in [7, 11) is 0. The van der Waals surface area contributed by atoms with E-state index in [0.717, 1.165) is 85.2 Å². The van der Waals surface area contributed by atoms with E-state index in [2.05, 4.69) is 228 Å². The number of allylic oxidation sites excluding steroid dienone is 1. The standard InChI is InChI=1S/C65H41N3OS/c1-2-12-47(13-3-1)67-60-20-10-6-16-51(60)54-37-43(24-29-61(54)67)57-28-23-44(39-66-57)46-32-45(33-48(34-46)68-58-18-8-4-14-49(58)50-15-5-9-19-59(50)68)41-25-30-62-55(35-41)52-27-22-42(38-63(52)69-62)40-26-31-65-56(36-40)53-17-7-11-21-64(53)70-65/h1-4,6-14,16-39H,5,15H2. The molecule has 4 nitrogen and oxygen atoms in total. The summed E-state index contributed by atoms with van der Waals surface area (Å²) >= 11 is 1.85. The van der Waals surface area contributed by atoms with Gasteiger partial charge >= 0.3 is 0 Å². The Labute approximate surface area is 407 Å². The van der Waals surface area contributed by atoms with E-state index in [0.29, 0.717) is 0 Å². The number of para-hydroxylation sites is 3. The van der Waals surface area contributed by atoms with Gasteiger partial charge in [0.15, 0.2) is 0 Å². The number of aromatic nitrogens is 3. The van der Waals surface area contributed by atoms with Crippen molar-refractivity contribution >= 4 is 92.2 Å². The maximum atomic E-state index is 6.63. The Balaban J connectivity index is 0.846. The fourth-order valence-electron chi connectivity index (χ4n) is 11.3. The minimum Gasteiger partial charge on any atom is -0.456 e. The molecule has 0 unspecified atom stereocenters. The SMILES string of the molecule is C1=Cc2c(c3ccccc3n2-c2cc(-c3ccc(-c4ccc5c(c4)c4ccccc4n5-c4ccccc4)nc3)cc(-c3ccc4oc5cc(-c6ccc7sc8ccccc8c7c6)ccc5c4c3)c2)CC1. The molecule has 0 amide bonds. The molecule has 5 heterocycles. The second-order valence-electron chi connectivity index (χ2n) is 18.6. The Morgan fingerprint density at radius 1 is 0.400 bits per heavy atom. The van der Waals surface area contributed by atoms with E-state index in [1.807, 2.05) is 17.5 Å². The molecule has 0 aliphatic heterocycles. The van der Waals surface area contributed by atoms with Crippen molar-refractivity contribution in [3.8, 4) is 56.0 Å². The molecular formula is C65H41N3OS. The normalized spacial score (nSPS) is 12.7. The fourth-order valence-corrected chi connectivity index (χ4v) is 12.4. The zero-order valence-electron chi connectivity index (χ0n) is 37.9. The topological polar surface area (TPSA) is 35.9 Å². The van der Waals surface area contributed by atoms with Crippen LogP contribution in [0.1, 0.15) is 17.7 Å². The molecule has 0 saturated carbocycles. The summed E-state index contributed by atoms with van der Waals surface area (Å²) in [5, 5.41) is 8.57. The molecule has 14 aromatic rings. The smallest absolute Gasteiger partial charge is 0.136 e. The molecule has 0 spiro atoms. The lowest BCUT2D eigenvalue weighted by Gasteiger charge is -2.16. The maximum absolute atomic E-state index is 6.63. The van der Waals surface area contributed by atoms with E-state index in [1.165, 1.54) is 69.7 Å². The minimum absolute atomic E-state index is 0.879. The summed E-state index contributed by atoms with van der Waals surface area (Å²) in [5.74, 6) is 0. The van der Waals surface area contributed by atoms with Gasteiger partial charge < -0.3 is 13.6 Å². The zero-order valence-corrected chi connectivity index (χ0v) is 38.8. The van der Waals surface area contributed by atoms with Crippen LogP contribution >= 0.6 is 11.3 Å². The van der Waals surface area contributed by atoms with Gasteiger partial charge in [0.05, 0.1) is 22.2 Å². The van der Waals surface area contributed by atoms with Gasteiger partial charge in [-0.1, -0.05) is 109 Å². The largest absolute Gasteiger partial charge is 0.456 e. The fraction of sp³-hybridized carbons (Fsp3) is 0.0308. The van der Waals surface area contributed by atoms with Crippen LogP contribution < -0.4 is 0 Å². The summed E-state index contributed by atoms with van der Waals surface area (Å²) in [6.07, 6.45) is 8.75. The van der Waals surface area contributed by atoms with Gasteiger partial charge in [0.1, 0.15) is 11.2 Å². The third-order valence-electron chi connectivity index (χ3n) is 14.6. The van der Waals surface area contributed by atoms with Crippen molar-refractivity contribution in [2.45, 2.75) is 12.8 Å². The van der Waals surface area contributed by atoms with Crippen LogP contribution in [-0.2, 0) is 6.42 Å². The van der Waals surface area contributed by atoms with Gasteiger partial charge in [-0.25, -0.2) is 0 Å². The van der Waals surface area contributed by atoms with Crippen LogP contribution in [0, 0.1) is 0 Å². The van der Waals surface area contributed by atoms with Crippen molar-refractivity contribution in [2.75, 3.05) is 0 Å². The van der Waals surface area contributed by atoms with Gasteiger partial charge in [-0.15, -0.1) is 11.3 Å². The van der Waals surface area contributed by atoms with Crippen molar-refractivity contribution in [1.82, 2.24) is 14.1 Å². The van der Waals surface area contributed by atoms with Gasteiger partial charge in [-0.2, -0.15) is 0 Å². The monoisotopic (exact) mass is 911 g/mol. The Bertz CT molecular complexity index is 4470. The molecule has 5 heteroatoms. The molecular weight excluding hydrogens is 871 g/mol. The van der Waals surface area contributed by atoms with Crippen LogP contribution in [0.3, 0.4) is 0 Å². The lowest BCUT2D eigenvalue weighted by Crippen LogP contribution is -2.01. The predicted molar refractivity (Wildman–Crippen MR) is 295 cm³/mol. The number of thiophene rings is 1. The molecule has 9 aromatic carbocycles. The lowest BCUT2D eigenvalue weighted by atomic mass is 9.96. The number of fused-ring (bicyclic) bond motifs is 12. The van der Waals surface area contributed by atoms with Crippen molar-refractivity contribution in [3.05, 3.63) is 230 Å². The number of nitrogens with zero attached hydrogens (tertiary/aromatic N) is 3. The van der Waals surface area contributed by atoms with Crippen molar-refractivity contribution < 1.29 is 4.42 Å². The van der Waals surface area contributed by atoms with Crippen molar-refractivity contribution in [2.24, 2.45) is 0 Å². The molecule has 0 atom stereocenters. The van der Waals surface area contributed by atoms with Gasteiger partial charge in [0, 0.05) is 81.5 Å². The molecule has 70 heavy (non-hydrogen) atoms. The number of hydrogen-bond acceptors (Lipinski definition) is 3.